The van der Waals surface area contributed by atoms with Crippen molar-refractivity contribution < 1.29 is 23.4 Å². The molecule has 5 rings (SSSR count). The number of hydrogen-bond donors (Lipinski definition) is 1. The molecule has 8 nitrogen and oxygen atoms in total. The maximum atomic E-state index is 14.4. The van der Waals surface area contributed by atoms with Crippen LogP contribution in [0, 0.1) is 31.1 Å². The molecule has 9 heteroatoms. The molecule has 34 heavy (non-hydrogen) atoms. The highest BCUT2D eigenvalue weighted by Crippen LogP contribution is 2.40. The molecule has 0 radical (unpaired) electrons. The third kappa shape index (κ3) is 4.50. The molecule has 1 N–H and O–H groups in total. The first kappa shape index (κ1) is 22.4. The lowest BCUT2D eigenvalue weighted by Gasteiger charge is -2.46. The van der Waals surface area contributed by atoms with Crippen molar-refractivity contribution >= 4 is 23.2 Å². The largest absolute Gasteiger partial charge is 0.473 e. The SMILES string of the molecule is [C-]#[N+]c1ccc(Nc2ccnc(OC3C4COCC3CN(C(=O)OC3(C)CC3)C4)c2C)c(F)c1. The maximum absolute atomic E-state index is 14.4. The summed E-state index contributed by atoms with van der Waals surface area (Å²) in [7, 11) is 0. The molecular weight excluding hydrogens is 439 g/mol. The number of carbonyl (C=O) groups excluding carboxylic acids is 1. The molecule has 2 bridgehead atoms. The normalized spacial score (nSPS) is 24.6. The van der Waals surface area contributed by atoms with Gasteiger partial charge in [0.2, 0.25) is 5.88 Å². The number of rotatable bonds is 5. The van der Waals surface area contributed by atoms with Crippen molar-refractivity contribution in [3.8, 4) is 5.88 Å². The molecule has 2 unspecified atom stereocenters. The predicted molar refractivity (Wildman–Crippen MR) is 123 cm³/mol. The average molecular weight is 467 g/mol. The van der Waals surface area contributed by atoms with Gasteiger partial charge < -0.3 is 24.4 Å². The van der Waals surface area contributed by atoms with Crippen LogP contribution in [-0.4, -0.2) is 54.0 Å². The van der Waals surface area contributed by atoms with Gasteiger partial charge in [0.05, 0.1) is 25.5 Å². The van der Waals surface area contributed by atoms with Crippen LogP contribution in [0.3, 0.4) is 0 Å². The van der Waals surface area contributed by atoms with Gasteiger partial charge in [-0.15, -0.1) is 0 Å². The summed E-state index contributed by atoms with van der Waals surface area (Å²) in [5.41, 5.74) is 1.63. The summed E-state index contributed by atoms with van der Waals surface area (Å²) in [5, 5.41) is 3.08. The predicted octanol–water partition coefficient (Wildman–Crippen LogP) is 4.84. The van der Waals surface area contributed by atoms with Crippen LogP contribution in [-0.2, 0) is 9.47 Å². The number of piperidine rings is 1. The summed E-state index contributed by atoms with van der Waals surface area (Å²) in [6.45, 7) is 12.9. The second kappa shape index (κ2) is 8.76. The number of amides is 1. The number of aromatic nitrogens is 1. The summed E-state index contributed by atoms with van der Waals surface area (Å²) < 4.78 is 32.2. The van der Waals surface area contributed by atoms with Gasteiger partial charge in [0, 0.05) is 42.4 Å². The van der Waals surface area contributed by atoms with Gasteiger partial charge in [0.15, 0.2) is 5.69 Å². The molecule has 1 saturated carbocycles. The quantitative estimate of drug-likeness (QED) is 0.636. The van der Waals surface area contributed by atoms with Crippen molar-refractivity contribution in [3.63, 3.8) is 0 Å². The van der Waals surface area contributed by atoms with Gasteiger partial charge in [-0.05, 0) is 44.9 Å². The topological polar surface area (TPSA) is 77.3 Å². The molecule has 178 valence electrons. The summed E-state index contributed by atoms with van der Waals surface area (Å²) in [6, 6.07) is 6.07. The fraction of sp³-hybridized carbons (Fsp3) is 0.480. The van der Waals surface area contributed by atoms with E-state index in [1.165, 1.54) is 6.07 Å². The van der Waals surface area contributed by atoms with E-state index >= 15 is 0 Å². The number of fused-ring (bicyclic) bond motifs is 2. The highest BCUT2D eigenvalue weighted by molar-refractivity contribution is 5.69. The van der Waals surface area contributed by atoms with E-state index in [0.717, 1.165) is 18.4 Å². The maximum Gasteiger partial charge on any atom is 0.410 e. The molecular formula is C25H27FN4O4. The highest BCUT2D eigenvalue weighted by Gasteiger charge is 2.47. The third-order valence-electron chi connectivity index (χ3n) is 6.81. The first-order chi connectivity index (χ1) is 16.3. The molecule has 1 aromatic heterocycles. The number of carbonyl (C=O) groups is 1. The third-order valence-corrected chi connectivity index (χ3v) is 6.81. The molecule has 2 aliphatic heterocycles. The van der Waals surface area contributed by atoms with Crippen LogP contribution in [0.2, 0.25) is 0 Å². The Hall–Kier alpha value is -3.38. The van der Waals surface area contributed by atoms with Crippen LogP contribution in [0.25, 0.3) is 4.85 Å². The number of halogens is 1. The van der Waals surface area contributed by atoms with E-state index < -0.39 is 5.82 Å². The zero-order chi connectivity index (χ0) is 23.9. The molecule has 0 spiro atoms. The number of nitrogens with zero attached hydrogens (tertiary/aromatic N) is 3. The summed E-state index contributed by atoms with van der Waals surface area (Å²) in [4.78, 5) is 22.1. The van der Waals surface area contributed by atoms with E-state index in [9.17, 15) is 9.18 Å². The number of benzene rings is 1. The van der Waals surface area contributed by atoms with Crippen LogP contribution in [0.1, 0.15) is 25.3 Å². The minimum Gasteiger partial charge on any atom is -0.473 e. The number of ether oxygens (including phenoxy) is 3. The molecule has 2 saturated heterocycles. The van der Waals surface area contributed by atoms with E-state index in [4.69, 9.17) is 20.8 Å². The molecule has 3 heterocycles. The van der Waals surface area contributed by atoms with E-state index in [-0.39, 0.29) is 41.0 Å². The van der Waals surface area contributed by atoms with Crippen LogP contribution in [0.5, 0.6) is 5.88 Å². The van der Waals surface area contributed by atoms with E-state index in [2.05, 4.69) is 15.1 Å². The first-order valence-corrected chi connectivity index (χ1v) is 11.5. The zero-order valence-corrected chi connectivity index (χ0v) is 19.2. The van der Waals surface area contributed by atoms with Gasteiger partial charge in [-0.1, -0.05) is 6.07 Å². The summed E-state index contributed by atoms with van der Waals surface area (Å²) in [5.74, 6) is -0.0308. The number of anilines is 2. The van der Waals surface area contributed by atoms with Crippen molar-refractivity contribution in [3.05, 3.63) is 53.3 Å². The minimum atomic E-state index is -0.502. The van der Waals surface area contributed by atoms with Crippen molar-refractivity contribution in [1.29, 1.82) is 0 Å². The van der Waals surface area contributed by atoms with Crippen molar-refractivity contribution in [1.82, 2.24) is 9.88 Å². The summed E-state index contributed by atoms with van der Waals surface area (Å²) in [6.07, 6.45) is 3.03. The van der Waals surface area contributed by atoms with Gasteiger partial charge in [-0.25, -0.2) is 19.0 Å². The molecule has 2 aromatic rings. The lowest BCUT2D eigenvalue weighted by Crippen LogP contribution is -2.59. The minimum absolute atomic E-state index is 0.00323. The van der Waals surface area contributed by atoms with Crippen LogP contribution in [0.4, 0.5) is 26.2 Å². The number of nitrogens with one attached hydrogen (secondary N) is 1. The first-order valence-electron chi connectivity index (χ1n) is 11.5. The van der Waals surface area contributed by atoms with Gasteiger partial charge >= 0.3 is 6.09 Å². The standard InChI is InChI=1S/C25H27FN4O4/c1-15-20(29-21-5-4-18(27-3)10-19(21)26)6-9-28-23(15)33-22-16-11-30(12-17(22)14-32-13-16)24(31)34-25(2)7-8-25/h4-6,9-10,16-17,22H,7-8,11-14H2,1-2H3,(H,28,29). The number of likely N-dealkylation sites (tertiary alicyclic amines) is 1. The molecule has 3 aliphatic rings. The van der Waals surface area contributed by atoms with Crippen LogP contribution in [0.15, 0.2) is 30.5 Å². The molecule has 1 amide bonds. The van der Waals surface area contributed by atoms with Crippen LogP contribution < -0.4 is 10.1 Å². The van der Waals surface area contributed by atoms with Gasteiger partial charge in [-0.3, -0.25) is 0 Å². The Kier molecular flexibility index (Phi) is 5.78. The van der Waals surface area contributed by atoms with E-state index in [0.29, 0.717) is 37.9 Å². The summed E-state index contributed by atoms with van der Waals surface area (Å²) >= 11 is 0. The van der Waals surface area contributed by atoms with Gasteiger partial charge in [0.1, 0.15) is 17.5 Å². The fourth-order valence-corrected chi connectivity index (χ4v) is 4.51. The molecule has 3 fully saturated rings. The monoisotopic (exact) mass is 466 g/mol. The zero-order valence-electron chi connectivity index (χ0n) is 19.2. The average Bonchev–Trinajstić information content (AvgIpc) is 3.53. The van der Waals surface area contributed by atoms with Crippen LogP contribution >= 0.6 is 0 Å². The molecule has 2 atom stereocenters. The highest BCUT2D eigenvalue weighted by atomic mass is 19.1. The number of hydrogen-bond acceptors (Lipinski definition) is 6. The van der Waals surface area contributed by atoms with E-state index in [1.807, 2.05) is 13.8 Å². The molecule has 1 aromatic carbocycles. The second-order valence-electron chi connectivity index (χ2n) is 9.55. The Morgan fingerprint density at radius 3 is 2.65 bits per heavy atom. The van der Waals surface area contributed by atoms with Crippen molar-refractivity contribution in [2.45, 2.75) is 38.4 Å². The Labute approximate surface area is 197 Å². The lowest BCUT2D eigenvalue weighted by molar-refractivity contribution is -0.111. The Balaban J connectivity index is 1.30. The van der Waals surface area contributed by atoms with Gasteiger partial charge in [0.25, 0.3) is 0 Å². The Morgan fingerprint density at radius 2 is 2.00 bits per heavy atom. The van der Waals surface area contributed by atoms with Gasteiger partial charge in [-0.2, -0.15) is 0 Å². The van der Waals surface area contributed by atoms with Crippen molar-refractivity contribution in [2.75, 3.05) is 31.6 Å². The van der Waals surface area contributed by atoms with Crippen molar-refractivity contribution in [2.24, 2.45) is 11.8 Å². The second-order valence-corrected chi connectivity index (χ2v) is 9.55. The fourth-order valence-electron chi connectivity index (χ4n) is 4.51. The Morgan fingerprint density at radius 1 is 1.26 bits per heavy atom. The molecule has 1 aliphatic carbocycles. The Bertz CT molecular complexity index is 1130. The number of pyridine rings is 1. The van der Waals surface area contributed by atoms with E-state index in [1.54, 1.807) is 29.3 Å². The lowest BCUT2D eigenvalue weighted by atomic mass is 9.84. The smallest absolute Gasteiger partial charge is 0.410 e.